The van der Waals surface area contributed by atoms with Gasteiger partial charge in [-0.25, -0.2) is 0 Å². The molecule has 1 aliphatic rings. The van der Waals surface area contributed by atoms with Gasteiger partial charge in [-0.1, -0.05) is 77.4 Å². The number of nitrogens with zero attached hydrogens (tertiary/aromatic N) is 1. The molecule has 4 aromatic rings. The molecule has 2 N–H and O–H groups in total. The van der Waals surface area contributed by atoms with E-state index in [-0.39, 0.29) is 11.5 Å². The molecule has 1 aliphatic carbocycles. The minimum atomic E-state index is -0.744. The van der Waals surface area contributed by atoms with Crippen molar-refractivity contribution < 1.29 is 14.4 Å². The van der Waals surface area contributed by atoms with Crippen molar-refractivity contribution in [3.63, 3.8) is 0 Å². The zero-order valence-electron chi connectivity index (χ0n) is 22.2. The monoisotopic (exact) mass is 530 g/mol. The van der Waals surface area contributed by atoms with Crippen LogP contribution < -0.4 is 5.32 Å². The average Bonchev–Trinajstić information content (AvgIpc) is 3.68. The number of aliphatic hydroxyl groups excluding tert-OH is 1. The zero-order valence-corrected chi connectivity index (χ0v) is 23.0. The van der Waals surface area contributed by atoms with Gasteiger partial charge in [0.25, 0.3) is 0 Å². The van der Waals surface area contributed by atoms with E-state index in [0.717, 1.165) is 70.1 Å². The molecule has 2 unspecified atom stereocenters. The van der Waals surface area contributed by atoms with E-state index < -0.39 is 6.29 Å². The number of aromatic nitrogens is 1. The Morgan fingerprint density at radius 1 is 0.974 bits per heavy atom. The fourth-order valence-corrected chi connectivity index (χ4v) is 5.15. The van der Waals surface area contributed by atoms with Crippen LogP contribution in [0.1, 0.15) is 49.9 Å². The van der Waals surface area contributed by atoms with Crippen molar-refractivity contribution in [1.82, 2.24) is 5.16 Å². The van der Waals surface area contributed by atoms with Gasteiger partial charge in [-0.15, -0.1) is 0 Å². The Balaban J connectivity index is 1.26. The number of ether oxygens (including phenoxy) is 1. The van der Waals surface area contributed by atoms with Gasteiger partial charge in [-0.2, -0.15) is 0 Å². The molecular formula is C32H35ClN2O3. The quantitative estimate of drug-likeness (QED) is 0.194. The molecule has 1 heterocycles. The minimum Gasteiger partial charge on any atom is -0.378 e. The van der Waals surface area contributed by atoms with Crippen LogP contribution in [0.15, 0.2) is 77.3 Å². The highest BCUT2D eigenvalue weighted by Crippen LogP contribution is 2.51. The number of halogens is 1. The Morgan fingerprint density at radius 3 is 2.18 bits per heavy atom. The maximum atomic E-state index is 10.4. The molecule has 0 saturated heterocycles. The summed E-state index contributed by atoms with van der Waals surface area (Å²) < 4.78 is 11.2. The smallest absolute Gasteiger partial charge is 0.190 e. The van der Waals surface area contributed by atoms with Gasteiger partial charge < -0.3 is 19.7 Å². The lowest BCUT2D eigenvalue weighted by atomic mass is 9.93. The van der Waals surface area contributed by atoms with E-state index in [9.17, 15) is 5.11 Å². The van der Waals surface area contributed by atoms with Gasteiger partial charge in [0, 0.05) is 28.6 Å². The van der Waals surface area contributed by atoms with Crippen molar-refractivity contribution >= 4 is 17.3 Å². The zero-order chi connectivity index (χ0) is 26.7. The second-order valence-corrected chi connectivity index (χ2v) is 10.7. The maximum absolute atomic E-state index is 10.4. The normalized spacial score (nSPS) is 15.7. The standard InChI is InChI=1S/C32H35ClN2O3/c1-4-37-31(36)32(19-20-32)27-15-13-25(14-16-27)24-9-11-26(12-10-24)30-29(22(3)35-38-30)34-21(2)5-6-23-7-17-28(33)18-8-23/h7-18,21,31,34,36H,4-6,19-20H2,1-3H3. The summed E-state index contributed by atoms with van der Waals surface area (Å²) in [7, 11) is 0. The van der Waals surface area contributed by atoms with Crippen LogP contribution in [-0.4, -0.2) is 29.2 Å². The molecule has 1 fully saturated rings. The maximum Gasteiger partial charge on any atom is 0.190 e. The summed E-state index contributed by atoms with van der Waals surface area (Å²) in [6, 6.07) is 25.1. The first-order chi connectivity index (χ1) is 18.4. The molecule has 198 valence electrons. The molecule has 0 amide bonds. The van der Waals surface area contributed by atoms with Gasteiger partial charge in [0.1, 0.15) is 11.4 Å². The molecule has 1 aromatic heterocycles. The Morgan fingerprint density at radius 2 is 1.58 bits per heavy atom. The fraction of sp³-hybridized carbons (Fsp3) is 0.344. The summed E-state index contributed by atoms with van der Waals surface area (Å²) in [4.78, 5) is 0. The third-order valence-electron chi connectivity index (χ3n) is 7.56. The minimum absolute atomic E-state index is 0.247. The molecule has 3 aromatic carbocycles. The van der Waals surface area contributed by atoms with Crippen LogP contribution in [0.2, 0.25) is 5.02 Å². The van der Waals surface area contributed by atoms with Crippen molar-refractivity contribution in [2.24, 2.45) is 0 Å². The van der Waals surface area contributed by atoms with Crippen molar-refractivity contribution in [1.29, 1.82) is 0 Å². The Hall–Kier alpha value is -3.12. The first-order valence-corrected chi connectivity index (χ1v) is 13.8. The van der Waals surface area contributed by atoms with E-state index in [4.69, 9.17) is 20.9 Å². The molecule has 0 aliphatic heterocycles. The first kappa shape index (κ1) is 26.5. The number of hydrogen-bond acceptors (Lipinski definition) is 5. The van der Waals surface area contributed by atoms with Crippen LogP contribution >= 0.6 is 11.6 Å². The lowest BCUT2D eigenvalue weighted by Crippen LogP contribution is -2.28. The number of aryl methyl sites for hydroxylation is 2. The Kier molecular flexibility index (Phi) is 7.89. The van der Waals surface area contributed by atoms with Gasteiger partial charge in [0.2, 0.25) is 0 Å². The van der Waals surface area contributed by atoms with Crippen LogP contribution in [-0.2, 0) is 16.6 Å². The highest BCUT2D eigenvalue weighted by atomic mass is 35.5. The first-order valence-electron chi connectivity index (χ1n) is 13.4. The largest absolute Gasteiger partial charge is 0.378 e. The topological polar surface area (TPSA) is 67.5 Å². The lowest BCUT2D eigenvalue weighted by Gasteiger charge is -2.22. The van der Waals surface area contributed by atoms with E-state index in [1.54, 1.807) is 0 Å². The molecule has 38 heavy (non-hydrogen) atoms. The second-order valence-electron chi connectivity index (χ2n) is 10.3. The number of aliphatic hydroxyl groups is 1. The van der Waals surface area contributed by atoms with E-state index in [0.29, 0.717) is 6.61 Å². The number of rotatable bonds is 11. The molecule has 2 atom stereocenters. The van der Waals surface area contributed by atoms with Crippen LogP contribution in [0.3, 0.4) is 0 Å². The molecule has 1 saturated carbocycles. The van der Waals surface area contributed by atoms with Gasteiger partial charge in [-0.3, -0.25) is 0 Å². The van der Waals surface area contributed by atoms with Crippen LogP contribution in [0.4, 0.5) is 5.69 Å². The van der Waals surface area contributed by atoms with Gasteiger partial charge >= 0.3 is 0 Å². The summed E-state index contributed by atoms with van der Waals surface area (Å²) in [5, 5.41) is 19.1. The molecule has 5 rings (SSSR count). The fourth-order valence-electron chi connectivity index (χ4n) is 5.03. The molecule has 0 spiro atoms. The lowest BCUT2D eigenvalue weighted by molar-refractivity contribution is -0.119. The Bertz CT molecular complexity index is 1340. The van der Waals surface area contributed by atoms with Crippen LogP contribution in [0, 0.1) is 6.92 Å². The van der Waals surface area contributed by atoms with E-state index in [1.807, 2.05) is 26.0 Å². The van der Waals surface area contributed by atoms with Crippen molar-refractivity contribution in [3.8, 4) is 22.5 Å². The summed E-state index contributed by atoms with van der Waals surface area (Å²) in [6.07, 6.45) is 3.10. The van der Waals surface area contributed by atoms with Gasteiger partial charge in [0.05, 0.1) is 0 Å². The van der Waals surface area contributed by atoms with Gasteiger partial charge in [-0.05, 0) is 80.8 Å². The highest BCUT2D eigenvalue weighted by Gasteiger charge is 2.51. The Labute approximate surface area is 229 Å². The summed E-state index contributed by atoms with van der Waals surface area (Å²) >= 11 is 6.01. The van der Waals surface area contributed by atoms with E-state index >= 15 is 0 Å². The van der Waals surface area contributed by atoms with E-state index in [2.05, 4.69) is 78.1 Å². The second kappa shape index (κ2) is 11.3. The highest BCUT2D eigenvalue weighted by molar-refractivity contribution is 6.30. The van der Waals surface area contributed by atoms with Crippen LogP contribution in [0.25, 0.3) is 22.5 Å². The molecular weight excluding hydrogens is 496 g/mol. The summed E-state index contributed by atoms with van der Waals surface area (Å²) in [5.74, 6) is 0.753. The molecule has 0 radical (unpaired) electrons. The SMILES string of the molecule is CCOC(O)C1(c2ccc(-c3ccc(-c4onc(C)c4NC(C)CCc4ccc(Cl)cc4)cc3)cc2)CC1. The number of hydrogen-bond donors (Lipinski definition) is 2. The van der Waals surface area contributed by atoms with Crippen molar-refractivity contribution in [2.75, 3.05) is 11.9 Å². The molecule has 5 nitrogen and oxygen atoms in total. The van der Waals surface area contributed by atoms with E-state index in [1.165, 1.54) is 5.56 Å². The number of anilines is 1. The predicted octanol–water partition coefficient (Wildman–Crippen LogP) is 7.79. The number of benzene rings is 3. The molecule has 6 heteroatoms. The average molecular weight is 531 g/mol. The summed E-state index contributed by atoms with van der Waals surface area (Å²) in [6.45, 7) is 6.57. The third kappa shape index (κ3) is 5.65. The van der Waals surface area contributed by atoms with Crippen molar-refractivity contribution in [3.05, 3.63) is 94.6 Å². The number of nitrogens with one attached hydrogen (secondary N) is 1. The van der Waals surface area contributed by atoms with Crippen LogP contribution in [0.5, 0.6) is 0 Å². The predicted molar refractivity (Wildman–Crippen MR) is 154 cm³/mol. The summed E-state index contributed by atoms with van der Waals surface area (Å²) in [5.41, 5.74) is 7.17. The van der Waals surface area contributed by atoms with Gasteiger partial charge in [0.15, 0.2) is 12.1 Å². The van der Waals surface area contributed by atoms with Crippen molar-refractivity contribution in [2.45, 2.75) is 64.2 Å². The molecule has 0 bridgehead atoms. The third-order valence-corrected chi connectivity index (χ3v) is 7.81.